The summed E-state index contributed by atoms with van der Waals surface area (Å²) in [7, 11) is -2.08. The number of ether oxygens (including phenoxy) is 1. The highest BCUT2D eigenvalue weighted by Gasteiger charge is 2.22. The third-order valence-electron chi connectivity index (χ3n) is 3.14. The first kappa shape index (κ1) is 14.8. The molecule has 2 rings (SSSR count). The summed E-state index contributed by atoms with van der Waals surface area (Å²) in [5, 5.41) is 3.21. The summed E-state index contributed by atoms with van der Waals surface area (Å²) in [5.41, 5.74) is 0. The van der Waals surface area contributed by atoms with Crippen molar-refractivity contribution in [3.8, 4) is 5.75 Å². The number of hydrogen-bond acceptors (Lipinski definition) is 4. The molecule has 19 heavy (non-hydrogen) atoms. The van der Waals surface area contributed by atoms with Gasteiger partial charge in [0.1, 0.15) is 10.6 Å². The van der Waals surface area contributed by atoms with Crippen LogP contribution < -0.4 is 14.8 Å². The minimum Gasteiger partial charge on any atom is -0.495 e. The van der Waals surface area contributed by atoms with E-state index in [9.17, 15) is 8.42 Å². The highest BCUT2D eigenvalue weighted by atomic mass is 79.9. The molecule has 2 N–H and O–H groups in total. The van der Waals surface area contributed by atoms with Crippen molar-refractivity contribution in [1.82, 2.24) is 10.0 Å². The van der Waals surface area contributed by atoms with E-state index in [2.05, 4.69) is 26.0 Å². The van der Waals surface area contributed by atoms with Crippen LogP contribution in [0.25, 0.3) is 0 Å². The second-order valence-corrected chi connectivity index (χ2v) is 7.16. The van der Waals surface area contributed by atoms with Gasteiger partial charge in [0.25, 0.3) is 0 Å². The Morgan fingerprint density at radius 2 is 2.32 bits per heavy atom. The zero-order valence-electron chi connectivity index (χ0n) is 10.6. The second-order valence-electron chi connectivity index (χ2n) is 4.51. The maximum absolute atomic E-state index is 12.3. The normalized spacial score (nSPS) is 19.6. The fourth-order valence-electron chi connectivity index (χ4n) is 2.05. The summed E-state index contributed by atoms with van der Waals surface area (Å²) >= 11 is 3.28. The minimum absolute atomic E-state index is 0.162. The van der Waals surface area contributed by atoms with Crippen LogP contribution in [0.4, 0.5) is 0 Å². The van der Waals surface area contributed by atoms with Crippen LogP contribution in [-0.2, 0) is 10.0 Å². The average molecular weight is 349 g/mol. The van der Waals surface area contributed by atoms with Crippen LogP contribution in [-0.4, -0.2) is 35.2 Å². The molecule has 1 aromatic rings. The summed E-state index contributed by atoms with van der Waals surface area (Å²) in [5.74, 6) is 0.702. The van der Waals surface area contributed by atoms with E-state index in [0.717, 1.165) is 19.5 Å². The van der Waals surface area contributed by atoms with Crippen molar-refractivity contribution >= 4 is 26.0 Å². The van der Waals surface area contributed by atoms with E-state index < -0.39 is 10.0 Å². The van der Waals surface area contributed by atoms with Crippen LogP contribution in [0.15, 0.2) is 27.6 Å². The molecule has 5 nitrogen and oxygen atoms in total. The van der Waals surface area contributed by atoms with Gasteiger partial charge in [-0.1, -0.05) is 15.9 Å². The molecular formula is C12H17BrN2O3S. The molecule has 0 aromatic heterocycles. The van der Waals surface area contributed by atoms with Crippen LogP contribution in [0.3, 0.4) is 0 Å². The lowest BCUT2D eigenvalue weighted by Gasteiger charge is -2.13. The molecule has 0 spiro atoms. The highest BCUT2D eigenvalue weighted by Crippen LogP contribution is 2.27. The highest BCUT2D eigenvalue weighted by molar-refractivity contribution is 9.10. The van der Waals surface area contributed by atoms with Gasteiger partial charge in [-0.05, 0) is 43.6 Å². The third kappa shape index (κ3) is 3.68. The van der Waals surface area contributed by atoms with Gasteiger partial charge in [0.15, 0.2) is 0 Å². The Hall–Kier alpha value is -0.630. The van der Waals surface area contributed by atoms with Crippen LogP contribution >= 0.6 is 15.9 Å². The zero-order valence-corrected chi connectivity index (χ0v) is 13.1. The SMILES string of the molecule is COc1ccc(Br)cc1S(=O)(=O)NCC1CCNC1. The standard InChI is InChI=1S/C12H17BrN2O3S/c1-18-11-3-2-10(13)6-12(11)19(16,17)15-8-9-4-5-14-7-9/h2-3,6,9,14-15H,4-5,7-8H2,1H3. The Bertz CT molecular complexity index is 542. The number of halogens is 1. The second kappa shape index (κ2) is 6.21. The van der Waals surface area contributed by atoms with Crippen molar-refractivity contribution < 1.29 is 13.2 Å². The molecule has 0 aliphatic carbocycles. The molecule has 1 heterocycles. The van der Waals surface area contributed by atoms with Gasteiger partial charge in [0.2, 0.25) is 10.0 Å². The van der Waals surface area contributed by atoms with Crippen LogP contribution in [0.5, 0.6) is 5.75 Å². The van der Waals surface area contributed by atoms with E-state index in [4.69, 9.17) is 4.74 Å². The summed E-state index contributed by atoms with van der Waals surface area (Å²) in [6, 6.07) is 4.93. The van der Waals surface area contributed by atoms with E-state index in [-0.39, 0.29) is 4.90 Å². The number of sulfonamides is 1. The Morgan fingerprint density at radius 1 is 1.53 bits per heavy atom. The molecule has 1 saturated heterocycles. The first-order chi connectivity index (χ1) is 9.03. The zero-order chi connectivity index (χ0) is 13.9. The minimum atomic E-state index is -3.55. The fourth-order valence-corrected chi connectivity index (χ4v) is 3.88. The number of hydrogen-bond donors (Lipinski definition) is 2. The first-order valence-corrected chi connectivity index (χ1v) is 8.34. The lowest BCUT2D eigenvalue weighted by atomic mass is 10.1. The van der Waals surface area contributed by atoms with Gasteiger partial charge in [0, 0.05) is 11.0 Å². The predicted molar refractivity (Wildman–Crippen MR) is 76.9 cm³/mol. The Labute approximate surface area is 121 Å². The first-order valence-electron chi connectivity index (χ1n) is 6.07. The van der Waals surface area contributed by atoms with Crippen molar-refractivity contribution in [1.29, 1.82) is 0 Å². The summed E-state index contributed by atoms with van der Waals surface area (Å²) in [4.78, 5) is 0.162. The molecular weight excluding hydrogens is 332 g/mol. The molecule has 7 heteroatoms. The molecule has 0 radical (unpaired) electrons. The quantitative estimate of drug-likeness (QED) is 0.842. The molecule has 1 aliphatic heterocycles. The summed E-state index contributed by atoms with van der Waals surface area (Å²) in [6.07, 6.45) is 0.998. The maximum atomic E-state index is 12.3. The van der Waals surface area contributed by atoms with Gasteiger partial charge < -0.3 is 10.1 Å². The third-order valence-corrected chi connectivity index (χ3v) is 5.08. The van der Waals surface area contributed by atoms with Gasteiger partial charge in [0.05, 0.1) is 7.11 Å². The monoisotopic (exact) mass is 348 g/mol. The summed E-state index contributed by atoms with van der Waals surface area (Å²) < 4.78 is 33.0. The largest absolute Gasteiger partial charge is 0.495 e. The average Bonchev–Trinajstić information content (AvgIpc) is 2.89. The molecule has 106 valence electrons. The summed E-state index contributed by atoms with van der Waals surface area (Å²) in [6.45, 7) is 2.26. The number of benzene rings is 1. The van der Waals surface area contributed by atoms with Gasteiger partial charge in [-0.15, -0.1) is 0 Å². The Morgan fingerprint density at radius 3 is 2.95 bits per heavy atom. The fraction of sp³-hybridized carbons (Fsp3) is 0.500. The predicted octanol–water partition coefficient (Wildman–Crippen LogP) is 1.35. The smallest absolute Gasteiger partial charge is 0.244 e. The maximum Gasteiger partial charge on any atom is 0.244 e. The van der Waals surface area contributed by atoms with Crippen molar-refractivity contribution in [3.05, 3.63) is 22.7 Å². The van der Waals surface area contributed by atoms with Gasteiger partial charge in [-0.25, -0.2) is 13.1 Å². The molecule has 0 amide bonds. The van der Waals surface area contributed by atoms with Crippen LogP contribution in [0, 0.1) is 5.92 Å². The van der Waals surface area contributed by atoms with Crippen molar-refractivity contribution in [2.45, 2.75) is 11.3 Å². The van der Waals surface area contributed by atoms with Gasteiger partial charge >= 0.3 is 0 Å². The molecule has 1 atom stereocenters. The van der Waals surface area contributed by atoms with Crippen molar-refractivity contribution in [2.75, 3.05) is 26.7 Å². The molecule has 1 fully saturated rings. The molecule has 0 bridgehead atoms. The van der Waals surface area contributed by atoms with E-state index in [0.29, 0.717) is 22.7 Å². The molecule has 0 saturated carbocycles. The molecule has 1 aliphatic rings. The Kier molecular flexibility index (Phi) is 4.83. The Balaban J connectivity index is 2.16. The lowest BCUT2D eigenvalue weighted by Crippen LogP contribution is -2.30. The number of rotatable bonds is 5. The number of methoxy groups -OCH3 is 1. The van der Waals surface area contributed by atoms with Crippen molar-refractivity contribution in [3.63, 3.8) is 0 Å². The number of nitrogens with one attached hydrogen (secondary N) is 2. The topological polar surface area (TPSA) is 67.4 Å². The molecule has 1 unspecified atom stereocenters. The lowest BCUT2D eigenvalue weighted by molar-refractivity contribution is 0.402. The van der Waals surface area contributed by atoms with Crippen LogP contribution in [0.1, 0.15) is 6.42 Å². The van der Waals surface area contributed by atoms with E-state index in [1.54, 1.807) is 18.2 Å². The van der Waals surface area contributed by atoms with E-state index in [1.165, 1.54) is 7.11 Å². The van der Waals surface area contributed by atoms with E-state index >= 15 is 0 Å². The van der Waals surface area contributed by atoms with Gasteiger partial charge in [-0.2, -0.15) is 0 Å². The van der Waals surface area contributed by atoms with Gasteiger partial charge in [-0.3, -0.25) is 0 Å². The van der Waals surface area contributed by atoms with Crippen molar-refractivity contribution in [2.24, 2.45) is 5.92 Å². The van der Waals surface area contributed by atoms with Crippen LogP contribution in [0.2, 0.25) is 0 Å². The van der Waals surface area contributed by atoms with E-state index in [1.807, 2.05) is 0 Å². The molecule has 1 aromatic carbocycles.